The lowest BCUT2D eigenvalue weighted by Crippen LogP contribution is -2.39. The van der Waals surface area contributed by atoms with Gasteiger partial charge in [-0.05, 0) is 13.3 Å². The second-order valence-corrected chi connectivity index (χ2v) is 3.15. The molecule has 0 aliphatic carbocycles. The maximum Gasteiger partial charge on any atom is 0.238 e. The van der Waals surface area contributed by atoms with E-state index in [9.17, 15) is 4.79 Å². The zero-order valence-corrected chi connectivity index (χ0v) is 8.84. The largest absolute Gasteiger partial charge is 0.326 e. The van der Waals surface area contributed by atoms with Gasteiger partial charge in [0.1, 0.15) is 11.9 Å². The molecule has 0 N–H and O–H groups in total. The van der Waals surface area contributed by atoms with Gasteiger partial charge in [0.25, 0.3) is 0 Å². The lowest BCUT2D eigenvalue weighted by atomic mass is 10.2. The van der Waals surface area contributed by atoms with Crippen LogP contribution in [0, 0.1) is 11.3 Å². The Bertz CT molecular complexity index is 200. The van der Waals surface area contributed by atoms with Crippen LogP contribution in [0.4, 0.5) is 0 Å². The number of unbranched alkanes of at least 4 members (excludes halogenated alkanes) is 1. The van der Waals surface area contributed by atoms with E-state index in [1.807, 2.05) is 13.0 Å². The van der Waals surface area contributed by atoms with Gasteiger partial charge in [0, 0.05) is 6.54 Å². The summed E-state index contributed by atoms with van der Waals surface area (Å²) in [6.07, 6.45) is 1.92. The van der Waals surface area contributed by atoms with E-state index in [0.717, 1.165) is 12.8 Å². The molecule has 0 aromatic rings. The van der Waals surface area contributed by atoms with Crippen LogP contribution >= 0.6 is 11.6 Å². The fourth-order valence-electron chi connectivity index (χ4n) is 1.01. The van der Waals surface area contributed by atoms with E-state index in [0.29, 0.717) is 6.54 Å². The van der Waals surface area contributed by atoms with Crippen LogP contribution in [0.1, 0.15) is 26.7 Å². The third kappa shape index (κ3) is 4.14. The fraction of sp³-hybridized carbons (Fsp3) is 0.778. The molecule has 0 saturated carbocycles. The lowest BCUT2D eigenvalue weighted by Gasteiger charge is -2.23. The van der Waals surface area contributed by atoms with Crippen LogP contribution in [0.5, 0.6) is 0 Å². The van der Waals surface area contributed by atoms with Crippen molar-refractivity contribution in [3.63, 3.8) is 0 Å². The normalized spacial score (nSPS) is 11.8. The van der Waals surface area contributed by atoms with Gasteiger partial charge in [-0.3, -0.25) is 4.79 Å². The Kier molecular flexibility index (Phi) is 6.34. The lowest BCUT2D eigenvalue weighted by molar-refractivity contribution is -0.129. The predicted molar refractivity (Wildman–Crippen MR) is 52.4 cm³/mol. The van der Waals surface area contributed by atoms with Crippen molar-refractivity contribution in [1.82, 2.24) is 4.90 Å². The van der Waals surface area contributed by atoms with Crippen LogP contribution in [0.15, 0.2) is 0 Å². The van der Waals surface area contributed by atoms with E-state index in [2.05, 4.69) is 0 Å². The summed E-state index contributed by atoms with van der Waals surface area (Å²) in [6.45, 7) is 4.37. The first-order valence-electron chi connectivity index (χ1n) is 4.42. The second-order valence-electron chi connectivity index (χ2n) is 2.88. The number of carbonyl (C=O) groups is 1. The van der Waals surface area contributed by atoms with Crippen LogP contribution < -0.4 is 0 Å². The molecular formula is C9H15ClN2O. The van der Waals surface area contributed by atoms with Crippen molar-refractivity contribution >= 4 is 17.5 Å². The van der Waals surface area contributed by atoms with Crippen molar-refractivity contribution < 1.29 is 4.79 Å². The summed E-state index contributed by atoms with van der Waals surface area (Å²) >= 11 is 5.43. The zero-order valence-electron chi connectivity index (χ0n) is 8.09. The van der Waals surface area contributed by atoms with Crippen molar-refractivity contribution in [2.45, 2.75) is 32.7 Å². The molecule has 0 heterocycles. The second kappa shape index (κ2) is 6.73. The first kappa shape index (κ1) is 12.2. The Labute approximate surface area is 84.3 Å². The topological polar surface area (TPSA) is 44.1 Å². The van der Waals surface area contributed by atoms with E-state index in [4.69, 9.17) is 16.9 Å². The standard InChI is InChI=1S/C9H15ClN2O/c1-3-4-5-12(8(2)7-11)9(13)6-10/h8H,3-6H2,1-2H3. The van der Waals surface area contributed by atoms with Crippen molar-refractivity contribution in [2.75, 3.05) is 12.4 Å². The van der Waals surface area contributed by atoms with E-state index >= 15 is 0 Å². The van der Waals surface area contributed by atoms with E-state index in [-0.39, 0.29) is 17.8 Å². The van der Waals surface area contributed by atoms with Gasteiger partial charge in [-0.25, -0.2) is 0 Å². The van der Waals surface area contributed by atoms with Crippen molar-refractivity contribution in [1.29, 1.82) is 5.26 Å². The summed E-state index contributed by atoms with van der Waals surface area (Å²) in [7, 11) is 0. The van der Waals surface area contributed by atoms with Crippen LogP contribution in [-0.2, 0) is 4.79 Å². The minimum Gasteiger partial charge on any atom is -0.326 e. The van der Waals surface area contributed by atoms with Gasteiger partial charge in [0.2, 0.25) is 5.91 Å². The molecule has 0 rings (SSSR count). The molecule has 0 saturated heterocycles. The highest BCUT2D eigenvalue weighted by atomic mass is 35.5. The molecule has 4 heteroatoms. The third-order valence-corrected chi connectivity index (χ3v) is 2.07. The molecule has 3 nitrogen and oxygen atoms in total. The SMILES string of the molecule is CCCCN(C(=O)CCl)C(C)C#N. The molecule has 13 heavy (non-hydrogen) atoms. The summed E-state index contributed by atoms with van der Waals surface area (Å²) in [6, 6.07) is 1.66. The van der Waals surface area contributed by atoms with Gasteiger partial charge in [0.15, 0.2) is 0 Å². The number of carbonyl (C=O) groups excluding carboxylic acids is 1. The Hall–Kier alpha value is -0.750. The number of nitriles is 1. The van der Waals surface area contributed by atoms with Gasteiger partial charge in [-0.15, -0.1) is 11.6 Å². The monoisotopic (exact) mass is 202 g/mol. The van der Waals surface area contributed by atoms with E-state index < -0.39 is 0 Å². The third-order valence-electron chi connectivity index (χ3n) is 1.84. The Morgan fingerprint density at radius 3 is 2.69 bits per heavy atom. The zero-order chi connectivity index (χ0) is 10.3. The summed E-state index contributed by atoms with van der Waals surface area (Å²) in [5.41, 5.74) is 0. The van der Waals surface area contributed by atoms with Gasteiger partial charge >= 0.3 is 0 Å². The predicted octanol–water partition coefficient (Wildman–Crippen LogP) is 1.77. The summed E-state index contributed by atoms with van der Waals surface area (Å²) < 4.78 is 0. The van der Waals surface area contributed by atoms with Gasteiger partial charge in [0.05, 0.1) is 6.07 Å². The molecule has 0 aliphatic rings. The first-order chi connectivity index (χ1) is 6.17. The van der Waals surface area contributed by atoms with Gasteiger partial charge in [-0.2, -0.15) is 5.26 Å². The van der Waals surface area contributed by atoms with Gasteiger partial charge < -0.3 is 4.90 Å². The number of rotatable bonds is 5. The molecule has 0 fully saturated rings. The van der Waals surface area contributed by atoms with E-state index in [1.54, 1.807) is 6.92 Å². The number of amides is 1. The smallest absolute Gasteiger partial charge is 0.238 e. The van der Waals surface area contributed by atoms with Crippen LogP contribution in [0.2, 0.25) is 0 Å². The highest BCUT2D eigenvalue weighted by Crippen LogP contribution is 2.03. The molecular weight excluding hydrogens is 188 g/mol. The molecule has 1 amide bonds. The summed E-state index contributed by atoms with van der Waals surface area (Å²) in [5.74, 6) is -0.209. The first-order valence-corrected chi connectivity index (χ1v) is 4.95. The van der Waals surface area contributed by atoms with Crippen molar-refractivity contribution in [3.05, 3.63) is 0 Å². The summed E-state index contributed by atoms with van der Waals surface area (Å²) in [5, 5.41) is 8.66. The number of nitrogens with zero attached hydrogens (tertiary/aromatic N) is 2. The molecule has 0 aromatic heterocycles. The maximum absolute atomic E-state index is 11.3. The average molecular weight is 203 g/mol. The molecule has 0 aromatic carbocycles. The van der Waals surface area contributed by atoms with Crippen molar-refractivity contribution in [3.8, 4) is 6.07 Å². The van der Waals surface area contributed by atoms with E-state index in [1.165, 1.54) is 4.90 Å². The quantitative estimate of drug-likeness (QED) is 0.638. The average Bonchev–Trinajstić information content (AvgIpc) is 2.17. The molecule has 0 bridgehead atoms. The number of halogens is 1. The highest BCUT2D eigenvalue weighted by Gasteiger charge is 2.17. The molecule has 1 atom stereocenters. The number of hydrogen-bond donors (Lipinski definition) is 0. The van der Waals surface area contributed by atoms with Crippen molar-refractivity contribution in [2.24, 2.45) is 0 Å². The van der Waals surface area contributed by atoms with Crippen LogP contribution in [0.25, 0.3) is 0 Å². The minimum atomic E-state index is -0.377. The Morgan fingerprint density at radius 1 is 1.69 bits per heavy atom. The minimum absolute atomic E-state index is 0.0459. The van der Waals surface area contributed by atoms with Crippen LogP contribution in [0.3, 0.4) is 0 Å². The number of alkyl halides is 1. The molecule has 1 unspecified atom stereocenters. The van der Waals surface area contributed by atoms with Gasteiger partial charge in [-0.1, -0.05) is 13.3 Å². The Balaban J connectivity index is 4.20. The molecule has 0 spiro atoms. The maximum atomic E-state index is 11.3. The summed E-state index contributed by atoms with van der Waals surface area (Å²) in [4.78, 5) is 12.8. The molecule has 74 valence electrons. The van der Waals surface area contributed by atoms with Crippen LogP contribution in [-0.4, -0.2) is 29.3 Å². The highest BCUT2D eigenvalue weighted by molar-refractivity contribution is 6.27. The fourth-order valence-corrected chi connectivity index (χ4v) is 1.16. The number of hydrogen-bond acceptors (Lipinski definition) is 2. The Morgan fingerprint density at radius 2 is 2.31 bits per heavy atom. The molecule has 0 aliphatic heterocycles. The molecule has 0 radical (unpaired) electrons.